The highest BCUT2D eigenvalue weighted by atomic mass is 127. The standard InChI is InChI=1S/C24H31N5O2.HI/c1-19-9-10-21(23(15-19)31-14-6-13-30-3)18-27-24(25-2)26-17-20-7-4-8-22(16-20)29-12-5-11-28-29;/h4-5,7-12,15-16H,6,13-14,17-18H2,1-3H3,(H2,25,26,27);1H. The van der Waals surface area contributed by atoms with Crippen molar-refractivity contribution in [2.24, 2.45) is 4.99 Å². The van der Waals surface area contributed by atoms with E-state index in [1.54, 1.807) is 20.4 Å². The molecule has 2 N–H and O–H groups in total. The number of nitrogens with one attached hydrogen (secondary N) is 2. The first-order valence-electron chi connectivity index (χ1n) is 10.4. The Kier molecular flexibility index (Phi) is 11.0. The van der Waals surface area contributed by atoms with Crippen LogP contribution >= 0.6 is 24.0 Å². The van der Waals surface area contributed by atoms with Gasteiger partial charge in [0.2, 0.25) is 0 Å². The SMILES string of the molecule is CN=C(NCc1cccc(-n2cccn2)c1)NCc1ccc(C)cc1OCCCOC.I. The smallest absolute Gasteiger partial charge is 0.191 e. The van der Waals surface area contributed by atoms with E-state index in [1.807, 2.05) is 29.1 Å². The molecule has 3 aromatic rings. The van der Waals surface area contributed by atoms with Crippen molar-refractivity contribution in [3.63, 3.8) is 0 Å². The molecule has 0 aliphatic heterocycles. The lowest BCUT2D eigenvalue weighted by atomic mass is 10.1. The van der Waals surface area contributed by atoms with Crippen molar-refractivity contribution in [2.45, 2.75) is 26.4 Å². The van der Waals surface area contributed by atoms with Crippen molar-refractivity contribution in [1.82, 2.24) is 20.4 Å². The van der Waals surface area contributed by atoms with Gasteiger partial charge in [-0.25, -0.2) is 4.68 Å². The average Bonchev–Trinajstić information content (AvgIpc) is 3.33. The van der Waals surface area contributed by atoms with Crippen LogP contribution in [0.1, 0.15) is 23.1 Å². The van der Waals surface area contributed by atoms with Crippen LogP contribution in [0.3, 0.4) is 0 Å². The molecule has 0 fully saturated rings. The van der Waals surface area contributed by atoms with E-state index in [2.05, 4.69) is 58.0 Å². The minimum atomic E-state index is 0. The van der Waals surface area contributed by atoms with Gasteiger partial charge in [-0.3, -0.25) is 4.99 Å². The van der Waals surface area contributed by atoms with Gasteiger partial charge in [-0.15, -0.1) is 24.0 Å². The number of ether oxygens (including phenoxy) is 2. The lowest BCUT2D eigenvalue weighted by Gasteiger charge is -2.16. The number of aliphatic imine (C=N–C) groups is 1. The number of hydrogen-bond acceptors (Lipinski definition) is 4. The number of methoxy groups -OCH3 is 1. The van der Waals surface area contributed by atoms with E-state index in [0.717, 1.165) is 34.9 Å². The maximum absolute atomic E-state index is 5.98. The van der Waals surface area contributed by atoms with E-state index >= 15 is 0 Å². The fourth-order valence-electron chi connectivity index (χ4n) is 3.14. The molecule has 1 heterocycles. The summed E-state index contributed by atoms with van der Waals surface area (Å²) in [6.07, 6.45) is 4.57. The maximum atomic E-state index is 5.98. The van der Waals surface area contributed by atoms with E-state index in [0.29, 0.717) is 26.3 Å². The predicted molar refractivity (Wildman–Crippen MR) is 139 cm³/mol. The summed E-state index contributed by atoms with van der Waals surface area (Å²) in [4.78, 5) is 4.34. The number of benzene rings is 2. The second kappa shape index (κ2) is 13.7. The van der Waals surface area contributed by atoms with E-state index < -0.39 is 0 Å². The second-order valence-corrected chi connectivity index (χ2v) is 7.21. The van der Waals surface area contributed by atoms with Gasteiger partial charge in [-0.2, -0.15) is 5.10 Å². The Hall–Kier alpha value is -2.59. The van der Waals surface area contributed by atoms with Crippen LogP contribution in [0.15, 0.2) is 65.9 Å². The first-order chi connectivity index (χ1) is 15.2. The van der Waals surface area contributed by atoms with Gasteiger partial charge in [-0.05, 0) is 42.3 Å². The van der Waals surface area contributed by atoms with Crippen molar-refractivity contribution in [2.75, 3.05) is 27.4 Å². The number of guanidine groups is 1. The molecule has 0 spiro atoms. The molecule has 0 amide bonds. The highest BCUT2D eigenvalue weighted by molar-refractivity contribution is 14.0. The molecule has 0 aliphatic carbocycles. The molecule has 0 saturated heterocycles. The summed E-state index contributed by atoms with van der Waals surface area (Å²) in [5, 5.41) is 11.0. The maximum Gasteiger partial charge on any atom is 0.191 e. The monoisotopic (exact) mass is 549 g/mol. The van der Waals surface area contributed by atoms with Crippen LogP contribution in [0.5, 0.6) is 5.75 Å². The van der Waals surface area contributed by atoms with Crippen molar-refractivity contribution in [3.05, 3.63) is 77.6 Å². The van der Waals surface area contributed by atoms with Crippen LogP contribution in [0.2, 0.25) is 0 Å². The van der Waals surface area contributed by atoms with Crippen LogP contribution in [0.25, 0.3) is 5.69 Å². The Morgan fingerprint density at radius 1 is 1.06 bits per heavy atom. The van der Waals surface area contributed by atoms with Gasteiger partial charge < -0.3 is 20.1 Å². The Morgan fingerprint density at radius 2 is 1.91 bits per heavy atom. The molecular formula is C24H32IN5O2. The fraction of sp³-hybridized carbons (Fsp3) is 0.333. The number of nitrogens with zero attached hydrogens (tertiary/aromatic N) is 3. The van der Waals surface area contributed by atoms with Crippen molar-refractivity contribution >= 4 is 29.9 Å². The van der Waals surface area contributed by atoms with Crippen molar-refractivity contribution < 1.29 is 9.47 Å². The lowest BCUT2D eigenvalue weighted by molar-refractivity contribution is 0.171. The molecule has 0 radical (unpaired) electrons. The molecule has 0 unspecified atom stereocenters. The summed E-state index contributed by atoms with van der Waals surface area (Å²) < 4.78 is 12.9. The van der Waals surface area contributed by atoms with Crippen LogP contribution in [0, 0.1) is 6.92 Å². The molecule has 3 rings (SSSR count). The molecule has 1 aromatic heterocycles. The molecular weight excluding hydrogens is 517 g/mol. The fourth-order valence-corrected chi connectivity index (χ4v) is 3.14. The van der Waals surface area contributed by atoms with Gasteiger partial charge in [0.25, 0.3) is 0 Å². The molecule has 0 bridgehead atoms. The van der Waals surface area contributed by atoms with Crippen LogP contribution in [-0.2, 0) is 17.8 Å². The number of hydrogen-bond donors (Lipinski definition) is 2. The van der Waals surface area contributed by atoms with Crippen LogP contribution in [0.4, 0.5) is 0 Å². The van der Waals surface area contributed by atoms with Gasteiger partial charge in [0.05, 0.1) is 12.3 Å². The zero-order valence-electron chi connectivity index (χ0n) is 18.9. The lowest BCUT2D eigenvalue weighted by Crippen LogP contribution is -2.36. The third-order valence-corrected chi connectivity index (χ3v) is 4.78. The molecule has 32 heavy (non-hydrogen) atoms. The molecule has 2 aromatic carbocycles. The zero-order valence-corrected chi connectivity index (χ0v) is 21.2. The second-order valence-electron chi connectivity index (χ2n) is 7.21. The number of aromatic nitrogens is 2. The zero-order chi connectivity index (χ0) is 21.9. The number of aryl methyl sites for hydroxylation is 1. The van der Waals surface area contributed by atoms with Gasteiger partial charge in [-0.1, -0.05) is 24.3 Å². The van der Waals surface area contributed by atoms with Crippen molar-refractivity contribution in [1.29, 1.82) is 0 Å². The Morgan fingerprint density at radius 3 is 2.66 bits per heavy atom. The highest BCUT2D eigenvalue weighted by Crippen LogP contribution is 2.20. The first kappa shape index (κ1) is 25.7. The minimum Gasteiger partial charge on any atom is -0.493 e. The number of rotatable bonds is 10. The van der Waals surface area contributed by atoms with E-state index in [-0.39, 0.29) is 24.0 Å². The van der Waals surface area contributed by atoms with Crippen molar-refractivity contribution in [3.8, 4) is 11.4 Å². The highest BCUT2D eigenvalue weighted by Gasteiger charge is 2.07. The van der Waals surface area contributed by atoms with Gasteiger partial charge in [0.1, 0.15) is 5.75 Å². The molecule has 0 aliphatic rings. The molecule has 0 atom stereocenters. The summed E-state index contributed by atoms with van der Waals surface area (Å²) in [6.45, 7) is 4.66. The molecule has 0 saturated carbocycles. The quantitative estimate of drug-likeness (QED) is 0.173. The minimum absolute atomic E-state index is 0. The molecule has 7 nitrogen and oxygen atoms in total. The third-order valence-electron chi connectivity index (χ3n) is 4.78. The van der Waals surface area contributed by atoms with Gasteiger partial charge in [0, 0.05) is 58.2 Å². The van der Waals surface area contributed by atoms with Gasteiger partial charge >= 0.3 is 0 Å². The van der Waals surface area contributed by atoms with E-state index in [4.69, 9.17) is 9.47 Å². The normalized spacial score (nSPS) is 11.0. The predicted octanol–water partition coefficient (Wildman–Crippen LogP) is 4.08. The molecule has 172 valence electrons. The Balaban J connectivity index is 0.00000363. The summed E-state index contributed by atoms with van der Waals surface area (Å²) in [5.74, 6) is 1.63. The third kappa shape index (κ3) is 7.83. The van der Waals surface area contributed by atoms with Crippen LogP contribution in [-0.4, -0.2) is 43.1 Å². The summed E-state index contributed by atoms with van der Waals surface area (Å²) in [5.41, 5.74) is 4.44. The summed E-state index contributed by atoms with van der Waals surface area (Å²) >= 11 is 0. The van der Waals surface area contributed by atoms with E-state index in [9.17, 15) is 0 Å². The number of halogens is 1. The van der Waals surface area contributed by atoms with Crippen LogP contribution < -0.4 is 15.4 Å². The average molecular weight is 549 g/mol. The summed E-state index contributed by atoms with van der Waals surface area (Å²) in [7, 11) is 3.47. The Labute approximate surface area is 207 Å². The van der Waals surface area contributed by atoms with E-state index in [1.165, 1.54) is 5.56 Å². The summed E-state index contributed by atoms with van der Waals surface area (Å²) in [6, 6.07) is 16.4. The Bertz CT molecular complexity index is 976. The van der Waals surface area contributed by atoms with Gasteiger partial charge in [0.15, 0.2) is 5.96 Å². The topological polar surface area (TPSA) is 72.7 Å². The first-order valence-corrected chi connectivity index (χ1v) is 10.4. The molecule has 8 heteroatoms. The largest absolute Gasteiger partial charge is 0.493 e.